The minimum absolute atomic E-state index is 0.0708. The van der Waals surface area contributed by atoms with Gasteiger partial charge in [0, 0.05) is 18.3 Å². The van der Waals surface area contributed by atoms with Crippen molar-refractivity contribution in [3.8, 4) is 0 Å². The molecule has 1 saturated heterocycles. The number of halogens is 3. The lowest BCUT2D eigenvalue weighted by Gasteiger charge is -2.15. The maximum atomic E-state index is 12.2. The first-order valence-electron chi connectivity index (χ1n) is 9.48. The van der Waals surface area contributed by atoms with Crippen LogP contribution in [0.3, 0.4) is 0 Å². The van der Waals surface area contributed by atoms with E-state index in [9.17, 15) is 21.6 Å². The molecule has 0 aromatic carbocycles. The summed E-state index contributed by atoms with van der Waals surface area (Å²) in [6, 6.07) is 1.88. The highest BCUT2D eigenvalue weighted by molar-refractivity contribution is 7.89. The molecule has 0 aliphatic carbocycles. The molecule has 1 fully saturated rings. The van der Waals surface area contributed by atoms with Gasteiger partial charge in [0.05, 0.1) is 41.9 Å². The van der Waals surface area contributed by atoms with E-state index >= 15 is 0 Å². The van der Waals surface area contributed by atoms with Gasteiger partial charge < -0.3 is 9.72 Å². The van der Waals surface area contributed by atoms with Gasteiger partial charge in [-0.2, -0.15) is 13.2 Å². The smallest absolute Gasteiger partial charge is 0.364 e. The molecule has 1 aliphatic heterocycles. The van der Waals surface area contributed by atoms with Crippen LogP contribution in [0.5, 0.6) is 0 Å². The Hall–Kier alpha value is -2.86. The van der Waals surface area contributed by atoms with Gasteiger partial charge in [-0.15, -0.1) is 6.58 Å². The van der Waals surface area contributed by atoms with E-state index in [2.05, 4.69) is 21.5 Å². The molecule has 0 spiro atoms. The zero-order chi connectivity index (χ0) is 22.2. The number of aromatic nitrogens is 4. The van der Waals surface area contributed by atoms with Crippen molar-refractivity contribution < 1.29 is 26.3 Å². The lowest BCUT2D eigenvalue weighted by atomic mass is 9.97. The molecule has 166 valence electrons. The molecule has 4 rings (SSSR count). The fraction of sp³-hybridized carbons (Fsp3) is 0.368. The summed E-state index contributed by atoms with van der Waals surface area (Å²) >= 11 is 0. The molecule has 8 nitrogen and oxygen atoms in total. The zero-order valence-electron chi connectivity index (χ0n) is 16.2. The van der Waals surface area contributed by atoms with Crippen molar-refractivity contribution in [2.45, 2.75) is 31.2 Å². The molecule has 1 aliphatic rings. The van der Waals surface area contributed by atoms with Crippen molar-refractivity contribution in [2.75, 3.05) is 5.75 Å². The molecule has 2 N–H and O–H groups in total. The fourth-order valence-electron chi connectivity index (χ4n) is 3.62. The molecule has 0 amide bonds. The maximum Gasteiger partial charge on any atom is 0.390 e. The Kier molecular flexibility index (Phi) is 5.52. The van der Waals surface area contributed by atoms with Crippen LogP contribution < -0.4 is 4.72 Å². The average Bonchev–Trinajstić information content (AvgIpc) is 3.42. The third kappa shape index (κ3) is 4.59. The van der Waals surface area contributed by atoms with Crippen molar-refractivity contribution in [1.82, 2.24) is 24.1 Å². The number of rotatable bonds is 7. The first-order chi connectivity index (χ1) is 14.7. The Labute approximate surface area is 175 Å². The highest BCUT2D eigenvalue weighted by Crippen LogP contribution is 2.40. The highest BCUT2D eigenvalue weighted by atomic mass is 32.2. The van der Waals surface area contributed by atoms with Crippen LogP contribution in [0.4, 0.5) is 13.2 Å². The highest BCUT2D eigenvalue weighted by Gasteiger charge is 2.35. The van der Waals surface area contributed by atoms with Gasteiger partial charge in [0.15, 0.2) is 11.3 Å². The number of aromatic amines is 1. The second kappa shape index (κ2) is 8.00. The van der Waals surface area contributed by atoms with E-state index in [1.54, 1.807) is 24.7 Å². The first kappa shape index (κ1) is 21.4. The van der Waals surface area contributed by atoms with Crippen molar-refractivity contribution >= 4 is 26.8 Å². The molecule has 3 aromatic rings. The number of nitrogens with zero attached hydrogens (tertiary/aromatic N) is 3. The van der Waals surface area contributed by atoms with Gasteiger partial charge >= 0.3 is 6.18 Å². The number of ether oxygens (including phenoxy) is 1. The molecule has 0 bridgehead atoms. The van der Waals surface area contributed by atoms with E-state index in [1.165, 1.54) is 6.08 Å². The van der Waals surface area contributed by atoms with Crippen LogP contribution in [0.2, 0.25) is 0 Å². The number of H-pyrrole nitrogens is 1. The summed E-state index contributed by atoms with van der Waals surface area (Å²) in [4.78, 5) is 11.8. The molecule has 3 atom stereocenters. The summed E-state index contributed by atoms with van der Waals surface area (Å²) in [5.41, 5.74) is 3.00. The van der Waals surface area contributed by atoms with E-state index < -0.39 is 34.5 Å². The van der Waals surface area contributed by atoms with Crippen LogP contribution in [0.25, 0.3) is 16.8 Å². The zero-order valence-corrected chi connectivity index (χ0v) is 17.0. The SMILES string of the molecule is C=CC1CC(C=CNS(=O)(=O)CCC(F)(F)F)OC1c1cnc2cnc3[nH]ccc3n12. The summed E-state index contributed by atoms with van der Waals surface area (Å²) in [5, 5.41) is 0. The Morgan fingerprint density at radius 3 is 2.90 bits per heavy atom. The number of hydrogen-bond donors (Lipinski definition) is 2. The third-order valence-corrected chi connectivity index (χ3v) is 6.33. The normalized spacial score (nSPS) is 22.6. The number of hydrogen-bond acceptors (Lipinski definition) is 5. The van der Waals surface area contributed by atoms with E-state index in [0.29, 0.717) is 17.7 Å². The number of fused-ring (bicyclic) bond motifs is 3. The predicted octanol–water partition coefficient (Wildman–Crippen LogP) is 3.23. The van der Waals surface area contributed by atoms with Crippen molar-refractivity contribution in [1.29, 1.82) is 0 Å². The number of nitrogens with one attached hydrogen (secondary N) is 2. The van der Waals surface area contributed by atoms with Crippen LogP contribution in [-0.2, 0) is 14.8 Å². The van der Waals surface area contributed by atoms with Crippen LogP contribution in [0.15, 0.2) is 49.6 Å². The molecule has 3 unspecified atom stereocenters. The van der Waals surface area contributed by atoms with Gasteiger partial charge in [-0.05, 0) is 18.6 Å². The van der Waals surface area contributed by atoms with Gasteiger partial charge in [-0.3, -0.25) is 9.12 Å². The van der Waals surface area contributed by atoms with E-state index in [-0.39, 0.29) is 12.0 Å². The lowest BCUT2D eigenvalue weighted by Crippen LogP contribution is -2.25. The molecule has 12 heteroatoms. The summed E-state index contributed by atoms with van der Waals surface area (Å²) < 4.78 is 70.3. The van der Waals surface area contributed by atoms with E-state index in [0.717, 1.165) is 17.4 Å². The Morgan fingerprint density at radius 2 is 2.16 bits per heavy atom. The molecular weight excluding hydrogens is 435 g/mol. The third-order valence-electron chi connectivity index (χ3n) is 5.09. The van der Waals surface area contributed by atoms with Crippen LogP contribution in [0, 0.1) is 5.92 Å². The minimum atomic E-state index is -4.54. The summed E-state index contributed by atoms with van der Waals surface area (Å²) in [6.45, 7) is 3.87. The largest absolute Gasteiger partial charge is 0.390 e. The molecule has 0 saturated carbocycles. The minimum Gasteiger partial charge on any atom is -0.364 e. The lowest BCUT2D eigenvalue weighted by molar-refractivity contribution is -0.129. The molecule has 31 heavy (non-hydrogen) atoms. The molecular formula is C19H20F3N5O3S. The van der Waals surface area contributed by atoms with E-state index in [1.807, 2.05) is 15.2 Å². The summed E-state index contributed by atoms with van der Waals surface area (Å²) in [6.07, 6.45) is 3.24. The van der Waals surface area contributed by atoms with Gasteiger partial charge in [-0.1, -0.05) is 6.08 Å². The van der Waals surface area contributed by atoms with Crippen molar-refractivity contribution in [3.05, 3.63) is 55.3 Å². The fourth-order valence-corrected chi connectivity index (χ4v) is 4.53. The number of imidazole rings is 1. The predicted molar refractivity (Wildman–Crippen MR) is 107 cm³/mol. The Morgan fingerprint density at radius 1 is 1.35 bits per heavy atom. The molecule has 0 radical (unpaired) electrons. The standard InChI is InChI=1S/C19H20F3N5O3S/c1-2-12-9-13(3-7-26-31(28,29)8-5-19(20,21)22)30-17(12)15-10-24-16-11-25-18-14(27(15)16)4-6-23-18/h2-4,6-7,10-13,17,23,26H,1,5,8-9H2. The summed E-state index contributed by atoms with van der Waals surface area (Å²) in [5.74, 6) is -1.11. The quantitative estimate of drug-likeness (QED) is 0.533. The van der Waals surface area contributed by atoms with Crippen molar-refractivity contribution in [2.24, 2.45) is 5.92 Å². The molecule has 3 aromatic heterocycles. The topological polar surface area (TPSA) is 101 Å². The second-order valence-electron chi connectivity index (χ2n) is 7.24. The average molecular weight is 455 g/mol. The summed E-state index contributed by atoms with van der Waals surface area (Å²) in [7, 11) is -4.09. The Balaban J connectivity index is 1.50. The van der Waals surface area contributed by atoms with Crippen molar-refractivity contribution in [3.63, 3.8) is 0 Å². The van der Waals surface area contributed by atoms with Crippen LogP contribution >= 0.6 is 0 Å². The van der Waals surface area contributed by atoms with Gasteiger partial charge in [0.2, 0.25) is 10.0 Å². The maximum absolute atomic E-state index is 12.2. The van der Waals surface area contributed by atoms with E-state index in [4.69, 9.17) is 4.74 Å². The van der Waals surface area contributed by atoms with Crippen LogP contribution in [-0.4, -0.2) is 45.8 Å². The number of alkyl halides is 3. The second-order valence-corrected chi connectivity index (χ2v) is 9.11. The van der Waals surface area contributed by atoms with Crippen LogP contribution in [0.1, 0.15) is 24.6 Å². The molecule has 4 heterocycles. The first-order valence-corrected chi connectivity index (χ1v) is 11.1. The Bertz CT molecular complexity index is 1230. The number of sulfonamides is 1. The van der Waals surface area contributed by atoms with Gasteiger partial charge in [0.25, 0.3) is 0 Å². The monoisotopic (exact) mass is 455 g/mol. The van der Waals surface area contributed by atoms with Gasteiger partial charge in [0.1, 0.15) is 6.10 Å². The van der Waals surface area contributed by atoms with Gasteiger partial charge in [-0.25, -0.2) is 18.4 Å².